The molecule has 1 aromatic rings. The molecule has 0 radical (unpaired) electrons. The van der Waals surface area contributed by atoms with E-state index >= 15 is 0 Å². The lowest BCUT2D eigenvalue weighted by Crippen LogP contribution is -2.62. The van der Waals surface area contributed by atoms with Crippen LogP contribution in [0.15, 0.2) is 12.1 Å². The number of nitrogens with zero attached hydrogens (tertiary/aromatic N) is 1. The quantitative estimate of drug-likeness (QED) is 0.851. The molecule has 2 atom stereocenters. The molecule has 2 unspecified atom stereocenters. The van der Waals surface area contributed by atoms with Gasteiger partial charge in [-0.2, -0.15) is 0 Å². The molecule has 3 rings (SSSR count). The van der Waals surface area contributed by atoms with E-state index in [0.717, 1.165) is 25.7 Å². The van der Waals surface area contributed by atoms with E-state index in [9.17, 15) is 14.4 Å². The molecule has 7 nitrogen and oxygen atoms in total. The van der Waals surface area contributed by atoms with Crippen molar-refractivity contribution >= 4 is 17.8 Å². The molecule has 1 aromatic carbocycles. The molecule has 140 valence electrons. The summed E-state index contributed by atoms with van der Waals surface area (Å²) in [5, 5.41) is 11.8. The lowest BCUT2D eigenvalue weighted by molar-refractivity contribution is -0.139. The van der Waals surface area contributed by atoms with Crippen LogP contribution in [0, 0.1) is 13.8 Å². The fourth-order valence-electron chi connectivity index (χ4n) is 4.00. The number of carbonyl (C=O) groups is 3. The van der Waals surface area contributed by atoms with Gasteiger partial charge in [-0.05, 0) is 49.9 Å². The van der Waals surface area contributed by atoms with Gasteiger partial charge >= 0.3 is 5.97 Å². The van der Waals surface area contributed by atoms with Crippen molar-refractivity contribution in [3.63, 3.8) is 0 Å². The second-order valence-corrected chi connectivity index (χ2v) is 7.08. The highest BCUT2D eigenvalue weighted by atomic mass is 16.5. The first-order valence-electron chi connectivity index (χ1n) is 8.93. The third kappa shape index (κ3) is 3.66. The summed E-state index contributed by atoms with van der Waals surface area (Å²) in [6.45, 7) is 3.22. The molecule has 0 bridgehead atoms. The standard InChI is InChI=1S/C19H24N2O5/c1-11-7-13(8-12(2)18(11)26-10-17(23)24)19(25)21-9-16(22)20-14-5-3-4-6-15(14)21/h7-8,14-15H,3-6,9-10H2,1-2H3,(H,20,22)(H,23,24). The zero-order valence-corrected chi connectivity index (χ0v) is 15.1. The van der Waals surface area contributed by atoms with Gasteiger partial charge in [0.2, 0.25) is 5.91 Å². The minimum atomic E-state index is -1.05. The number of fused-ring (bicyclic) bond motifs is 1. The topological polar surface area (TPSA) is 95.9 Å². The number of hydrogen-bond acceptors (Lipinski definition) is 4. The van der Waals surface area contributed by atoms with Gasteiger partial charge in [0.05, 0.1) is 6.04 Å². The third-order valence-corrected chi connectivity index (χ3v) is 5.10. The van der Waals surface area contributed by atoms with Crippen LogP contribution >= 0.6 is 0 Å². The van der Waals surface area contributed by atoms with E-state index in [-0.39, 0.29) is 30.4 Å². The molecule has 2 N–H and O–H groups in total. The second kappa shape index (κ2) is 7.35. The van der Waals surface area contributed by atoms with Crippen molar-refractivity contribution in [2.75, 3.05) is 13.2 Å². The van der Waals surface area contributed by atoms with E-state index in [1.807, 2.05) is 0 Å². The molecule has 1 aliphatic heterocycles. The van der Waals surface area contributed by atoms with Crippen molar-refractivity contribution in [3.05, 3.63) is 28.8 Å². The minimum absolute atomic E-state index is 0.0364. The van der Waals surface area contributed by atoms with Crippen molar-refractivity contribution in [2.24, 2.45) is 0 Å². The summed E-state index contributed by atoms with van der Waals surface area (Å²) < 4.78 is 5.32. The number of aryl methyl sites for hydroxylation is 2. The number of carbonyl (C=O) groups excluding carboxylic acids is 2. The summed E-state index contributed by atoms with van der Waals surface area (Å²) in [5.74, 6) is -0.841. The highest BCUT2D eigenvalue weighted by Gasteiger charge is 2.39. The molecule has 26 heavy (non-hydrogen) atoms. The number of piperazine rings is 1. The second-order valence-electron chi connectivity index (χ2n) is 7.08. The Labute approximate surface area is 152 Å². The van der Waals surface area contributed by atoms with Crippen molar-refractivity contribution in [1.82, 2.24) is 10.2 Å². The third-order valence-electron chi connectivity index (χ3n) is 5.10. The fourth-order valence-corrected chi connectivity index (χ4v) is 4.00. The van der Waals surface area contributed by atoms with Gasteiger partial charge in [0.15, 0.2) is 6.61 Å². The Morgan fingerprint density at radius 3 is 2.54 bits per heavy atom. The Kier molecular flexibility index (Phi) is 5.15. The van der Waals surface area contributed by atoms with E-state index in [1.165, 1.54) is 0 Å². The van der Waals surface area contributed by atoms with Crippen LogP contribution in [0.3, 0.4) is 0 Å². The van der Waals surface area contributed by atoms with Gasteiger partial charge in [0, 0.05) is 11.6 Å². The number of nitrogens with one attached hydrogen (secondary N) is 1. The van der Waals surface area contributed by atoms with Gasteiger partial charge < -0.3 is 20.1 Å². The molecule has 0 aromatic heterocycles. The van der Waals surface area contributed by atoms with Crippen LogP contribution < -0.4 is 10.1 Å². The van der Waals surface area contributed by atoms with Gasteiger partial charge in [0.25, 0.3) is 5.91 Å². The summed E-state index contributed by atoms with van der Waals surface area (Å²) >= 11 is 0. The molecule has 1 saturated heterocycles. The van der Waals surface area contributed by atoms with Crippen LogP contribution in [0.25, 0.3) is 0 Å². The molecular weight excluding hydrogens is 336 g/mol. The fraction of sp³-hybridized carbons (Fsp3) is 0.526. The monoisotopic (exact) mass is 360 g/mol. The molecule has 2 fully saturated rings. The van der Waals surface area contributed by atoms with E-state index in [0.29, 0.717) is 22.4 Å². The highest BCUT2D eigenvalue weighted by Crippen LogP contribution is 2.29. The summed E-state index contributed by atoms with van der Waals surface area (Å²) in [6, 6.07) is 3.49. The first kappa shape index (κ1) is 18.2. The maximum atomic E-state index is 13.1. The number of carboxylic acid groups (broad SMARTS) is 1. The van der Waals surface area contributed by atoms with E-state index in [1.54, 1.807) is 30.9 Å². The largest absolute Gasteiger partial charge is 0.481 e. The predicted molar refractivity (Wildman–Crippen MR) is 94.3 cm³/mol. The van der Waals surface area contributed by atoms with Crippen LogP contribution in [0.2, 0.25) is 0 Å². The number of ether oxygens (including phenoxy) is 1. The number of hydrogen-bond donors (Lipinski definition) is 2. The number of benzene rings is 1. The average molecular weight is 360 g/mol. The summed E-state index contributed by atoms with van der Waals surface area (Å²) in [7, 11) is 0. The van der Waals surface area contributed by atoms with Gasteiger partial charge in [-0.3, -0.25) is 9.59 Å². The van der Waals surface area contributed by atoms with Gasteiger partial charge in [0.1, 0.15) is 12.3 Å². The maximum absolute atomic E-state index is 13.1. The molecule has 0 spiro atoms. The Morgan fingerprint density at radius 1 is 1.23 bits per heavy atom. The van der Waals surface area contributed by atoms with Gasteiger partial charge in [-0.25, -0.2) is 4.79 Å². The lowest BCUT2D eigenvalue weighted by Gasteiger charge is -2.44. The lowest BCUT2D eigenvalue weighted by atomic mass is 9.87. The summed E-state index contributed by atoms with van der Waals surface area (Å²) in [6.07, 6.45) is 3.92. The molecular formula is C19H24N2O5. The smallest absolute Gasteiger partial charge is 0.341 e. The van der Waals surface area contributed by atoms with Crippen molar-refractivity contribution < 1.29 is 24.2 Å². The molecule has 2 amide bonds. The molecule has 2 aliphatic rings. The first-order valence-corrected chi connectivity index (χ1v) is 8.93. The predicted octanol–water partition coefficient (Wildman–Crippen LogP) is 1.65. The Morgan fingerprint density at radius 2 is 1.88 bits per heavy atom. The number of carboxylic acids is 1. The zero-order chi connectivity index (χ0) is 18.8. The van der Waals surface area contributed by atoms with E-state index in [4.69, 9.17) is 9.84 Å². The molecule has 7 heteroatoms. The van der Waals surface area contributed by atoms with Crippen LogP contribution in [0.5, 0.6) is 5.75 Å². The minimum Gasteiger partial charge on any atom is -0.481 e. The van der Waals surface area contributed by atoms with Gasteiger partial charge in [-0.15, -0.1) is 0 Å². The normalized spacial score (nSPS) is 22.4. The van der Waals surface area contributed by atoms with Crippen molar-refractivity contribution in [2.45, 2.75) is 51.6 Å². The van der Waals surface area contributed by atoms with Gasteiger partial charge in [-0.1, -0.05) is 12.8 Å². The van der Waals surface area contributed by atoms with Crippen LogP contribution in [-0.2, 0) is 9.59 Å². The number of rotatable bonds is 4. The van der Waals surface area contributed by atoms with E-state index in [2.05, 4.69) is 5.32 Å². The number of aliphatic carboxylic acids is 1. The molecule has 1 aliphatic carbocycles. The Hall–Kier alpha value is -2.57. The summed E-state index contributed by atoms with van der Waals surface area (Å²) in [4.78, 5) is 37.5. The Bertz CT molecular complexity index is 722. The summed E-state index contributed by atoms with van der Waals surface area (Å²) in [5.41, 5.74) is 1.91. The highest BCUT2D eigenvalue weighted by molar-refractivity contribution is 5.98. The average Bonchev–Trinajstić information content (AvgIpc) is 2.59. The zero-order valence-electron chi connectivity index (χ0n) is 15.1. The molecule has 1 heterocycles. The van der Waals surface area contributed by atoms with Crippen LogP contribution in [0.4, 0.5) is 0 Å². The first-order chi connectivity index (χ1) is 12.4. The maximum Gasteiger partial charge on any atom is 0.341 e. The van der Waals surface area contributed by atoms with Crippen LogP contribution in [-0.4, -0.2) is 53.0 Å². The van der Waals surface area contributed by atoms with Crippen molar-refractivity contribution in [3.8, 4) is 5.75 Å². The van der Waals surface area contributed by atoms with Crippen molar-refractivity contribution in [1.29, 1.82) is 0 Å². The van der Waals surface area contributed by atoms with E-state index < -0.39 is 12.6 Å². The van der Waals surface area contributed by atoms with Crippen LogP contribution in [0.1, 0.15) is 47.2 Å². The Balaban J connectivity index is 1.84. The number of amides is 2. The SMILES string of the molecule is Cc1cc(C(=O)N2CC(=O)NC3CCCCC32)cc(C)c1OCC(=O)O. The molecule has 1 saturated carbocycles.